The molecule has 0 radical (unpaired) electrons. The molecule has 0 bridgehead atoms. The van der Waals surface area contributed by atoms with Crippen LogP contribution in [-0.2, 0) is 9.53 Å². The first kappa shape index (κ1) is 19.6. The van der Waals surface area contributed by atoms with Crippen molar-refractivity contribution in [2.24, 2.45) is 0 Å². The second kappa shape index (κ2) is 8.11. The normalized spacial score (nSPS) is 16.0. The molecule has 2 rings (SSSR count). The average Bonchev–Trinajstić information content (AvgIpc) is 2.59. The molecule has 9 heteroatoms. The number of amides is 3. The molecule has 3 amide bonds. The topological polar surface area (TPSA) is 105 Å². The third kappa shape index (κ3) is 5.40. The Bertz CT molecular complexity index is 651. The molecule has 9 nitrogen and oxygen atoms in total. The van der Waals surface area contributed by atoms with E-state index in [4.69, 9.17) is 4.74 Å². The number of nitrogens with zero attached hydrogens (tertiary/aromatic N) is 4. The predicted molar refractivity (Wildman–Crippen MR) is 93.3 cm³/mol. The molecule has 1 aromatic heterocycles. The first-order valence-electron chi connectivity index (χ1n) is 8.51. The first-order valence-corrected chi connectivity index (χ1v) is 8.51. The van der Waals surface area contributed by atoms with E-state index < -0.39 is 17.7 Å². The molecule has 1 aromatic rings. The van der Waals surface area contributed by atoms with Gasteiger partial charge in [-0.05, 0) is 27.7 Å². The first-order chi connectivity index (χ1) is 12.2. The standard InChI is InChI=1S/C17H25N5O4/c1-12(20-16(25)26-17(2,3)4)14(23)21-7-9-22(10-8-21)15(24)13-11-18-5-6-19-13/h5-6,11-12H,7-10H2,1-4H3,(H,20,25)/t12-/m1/s1. The zero-order valence-corrected chi connectivity index (χ0v) is 15.6. The van der Waals surface area contributed by atoms with E-state index in [9.17, 15) is 14.4 Å². The third-order valence-electron chi connectivity index (χ3n) is 3.76. The fraction of sp³-hybridized carbons (Fsp3) is 0.588. The highest BCUT2D eigenvalue weighted by Crippen LogP contribution is 2.09. The SMILES string of the molecule is C[C@@H](NC(=O)OC(C)(C)C)C(=O)N1CCN(C(=O)c2cnccn2)CC1. The second-order valence-corrected chi connectivity index (χ2v) is 7.08. The molecule has 1 atom stereocenters. The van der Waals surface area contributed by atoms with Crippen molar-refractivity contribution in [1.29, 1.82) is 0 Å². The number of piperazine rings is 1. The Morgan fingerprint density at radius 3 is 2.27 bits per heavy atom. The van der Waals surface area contributed by atoms with Crippen molar-refractivity contribution in [3.05, 3.63) is 24.3 Å². The molecule has 0 aromatic carbocycles. The van der Waals surface area contributed by atoms with E-state index in [2.05, 4.69) is 15.3 Å². The predicted octanol–water partition coefficient (Wildman–Crippen LogP) is 0.674. The van der Waals surface area contributed by atoms with Crippen LogP contribution in [0.25, 0.3) is 0 Å². The Morgan fingerprint density at radius 2 is 1.73 bits per heavy atom. The van der Waals surface area contributed by atoms with Crippen molar-refractivity contribution in [1.82, 2.24) is 25.1 Å². The van der Waals surface area contributed by atoms with E-state index in [1.165, 1.54) is 18.6 Å². The van der Waals surface area contributed by atoms with E-state index in [0.717, 1.165) is 0 Å². The molecule has 1 N–H and O–H groups in total. The summed E-state index contributed by atoms with van der Waals surface area (Å²) >= 11 is 0. The smallest absolute Gasteiger partial charge is 0.408 e. The molecule has 26 heavy (non-hydrogen) atoms. The molecule has 1 saturated heterocycles. The number of aromatic nitrogens is 2. The lowest BCUT2D eigenvalue weighted by atomic mass is 10.2. The summed E-state index contributed by atoms with van der Waals surface area (Å²) in [5.41, 5.74) is -0.341. The van der Waals surface area contributed by atoms with Gasteiger partial charge in [-0.15, -0.1) is 0 Å². The van der Waals surface area contributed by atoms with Crippen LogP contribution in [0.5, 0.6) is 0 Å². The fourth-order valence-corrected chi connectivity index (χ4v) is 2.52. The summed E-state index contributed by atoms with van der Waals surface area (Å²) in [7, 11) is 0. The number of alkyl carbamates (subject to hydrolysis) is 1. The van der Waals surface area contributed by atoms with Crippen LogP contribution in [0, 0.1) is 0 Å². The van der Waals surface area contributed by atoms with Crippen LogP contribution in [-0.4, -0.2) is 75.5 Å². The van der Waals surface area contributed by atoms with E-state index in [-0.39, 0.29) is 17.5 Å². The lowest BCUT2D eigenvalue weighted by Gasteiger charge is -2.35. The van der Waals surface area contributed by atoms with Gasteiger partial charge in [0.1, 0.15) is 17.3 Å². The van der Waals surface area contributed by atoms with Gasteiger partial charge in [-0.25, -0.2) is 9.78 Å². The number of nitrogens with one attached hydrogen (secondary N) is 1. The van der Waals surface area contributed by atoms with Gasteiger partial charge in [0, 0.05) is 38.6 Å². The summed E-state index contributed by atoms with van der Waals surface area (Å²) in [6.45, 7) is 8.48. The maximum absolute atomic E-state index is 12.5. The molecule has 1 aliphatic rings. The highest BCUT2D eigenvalue weighted by Gasteiger charge is 2.29. The van der Waals surface area contributed by atoms with Gasteiger partial charge in [0.15, 0.2) is 0 Å². The molecular formula is C17H25N5O4. The Labute approximate surface area is 152 Å². The lowest BCUT2D eigenvalue weighted by Crippen LogP contribution is -2.55. The molecule has 0 spiro atoms. The zero-order chi connectivity index (χ0) is 19.3. The molecule has 0 unspecified atom stereocenters. The van der Waals surface area contributed by atoms with Crippen LogP contribution in [0.1, 0.15) is 38.2 Å². The Morgan fingerprint density at radius 1 is 1.12 bits per heavy atom. The zero-order valence-electron chi connectivity index (χ0n) is 15.6. The van der Waals surface area contributed by atoms with Crippen LogP contribution < -0.4 is 5.32 Å². The van der Waals surface area contributed by atoms with Gasteiger partial charge >= 0.3 is 6.09 Å². The fourth-order valence-electron chi connectivity index (χ4n) is 2.52. The summed E-state index contributed by atoms with van der Waals surface area (Å²) in [4.78, 5) is 47.8. The Hall–Kier alpha value is -2.71. The maximum Gasteiger partial charge on any atom is 0.408 e. The molecule has 0 saturated carbocycles. The number of carbonyl (C=O) groups is 3. The molecule has 1 fully saturated rings. The minimum atomic E-state index is -0.702. The van der Waals surface area contributed by atoms with Crippen molar-refractivity contribution in [2.75, 3.05) is 26.2 Å². The van der Waals surface area contributed by atoms with Crippen LogP contribution in [0.15, 0.2) is 18.6 Å². The average molecular weight is 363 g/mol. The summed E-state index contributed by atoms with van der Waals surface area (Å²) < 4.78 is 5.16. The van der Waals surface area contributed by atoms with Crippen molar-refractivity contribution < 1.29 is 19.1 Å². The number of hydrogen-bond donors (Lipinski definition) is 1. The van der Waals surface area contributed by atoms with E-state index in [1.54, 1.807) is 37.5 Å². The van der Waals surface area contributed by atoms with Gasteiger partial charge in [-0.3, -0.25) is 14.6 Å². The van der Waals surface area contributed by atoms with Crippen LogP contribution in [0.4, 0.5) is 4.79 Å². The summed E-state index contributed by atoms with van der Waals surface area (Å²) in [5.74, 6) is -0.410. The number of rotatable bonds is 3. The van der Waals surface area contributed by atoms with Crippen LogP contribution in [0.3, 0.4) is 0 Å². The molecule has 1 aliphatic heterocycles. The van der Waals surface area contributed by atoms with Crippen molar-refractivity contribution in [3.63, 3.8) is 0 Å². The molecule has 142 valence electrons. The number of carbonyl (C=O) groups excluding carboxylic acids is 3. The summed E-state index contributed by atoms with van der Waals surface area (Å²) in [6, 6.07) is -0.702. The monoisotopic (exact) mass is 363 g/mol. The van der Waals surface area contributed by atoms with Gasteiger partial charge in [-0.2, -0.15) is 0 Å². The van der Waals surface area contributed by atoms with E-state index >= 15 is 0 Å². The maximum atomic E-state index is 12.5. The Kier molecular flexibility index (Phi) is 6.12. The van der Waals surface area contributed by atoms with Gasteiger partial charge in [0.05, 0.1) is 6.20 Å². The van der Waals surface area contributed by atoms with Crippen molar-refractivity contribution in [2.45, 2.75) is 39.3 Å². The van der Waals surface area contributed by atoms with Gasteiger partial charge in [-0.1, -0.05) is 0 Å². The van der Waals surface area contributed by atoms with Crippen molar-refractivity contribution >= 4 is 17.9 Å². The van der Waals surface area contributed by atoms with Gasteiger partial charge in [0.25, 0.3) is 5.91 Å². The summed E-state index contributed by atoms with van der Waals surface area (Å²) in [6.07, 6.45) is 3.77. The minimum absolute atomic E-state index is 0.204. The van der Waals surface area contributed by atoms with Gasteiger partial charge in [0.2, 0.25) is 5.91 Å². The summed E-state index contributed by atoms with van der Waals surface area (Å²) in [5, 5.41) is 2.54. The quantitative estimate of drug-likeness (QED) is 0.846. The van der Waals surface area contributed by atoms with Gasteiger partial charge < -0.3 is 19.9 Å². The largest absolute Gasteiger partial charge is 0.444 e. The van der Waals surface area contributed by atoms with E-state index in [1.807, 2.05) is 0 Å². The second-order valence-electron chi connectivity index (χ2n) is 7.08. The highest BCUT2D eigenvalue weighted by atomic mass is 16.6. The van der Waals surface area contributed by atoms with E-state index in [0.29, 0.717) is 26.2 Å². The van der Waals surface area contributed by atoms with Crippen LogP contribution in [0.2, 0.25) is 0 Å². The van der Waals surface area contributed by atoms with Crippen molar-refractivity contribution in [3.8, 4) is 0 Å². The lowest BCUT2D eigenvalue weighted by molar-refractivity contribution is -0.134. The minimum Gasteiger partial charge on any atom is -0.444 e. The number of hydrogen-bond acceptors (Lipinski definition) is 6. The highest BCUT2D eigenvalue weighted by molar-refractivity contribution is 5.92. The third-order valence-corrected chi connectivity index (χ3v) is 3.76. The molecular weight excluding hydrogens is 338 g/mol. The number of ether oxygens (including phenoxy) is 1. The molecule has 2 heterocycles. The van der Waals surface area contributed by atoms with Crippen LogP contribution >= 0.6 is 0 Å². The Balaban J connectivity index is 1.84. The molecule has 0 aliphatic carbocycles.